The summed E-state index contributed by atoms with van der Waals surface area (Å²) in [6.45, 7) is 2.19. The van der Waals surface area contributed by atoms with Gasteiger partial charge in [-0.3, -0.25) is 4.79 Å². The third-order valence-corrected chi connectivity index (χ3v) is 4.59. The smallest absolute Gasteiger partial charge is 0.257 e. The molecule has 7 heteroatoms. The lowest BCUT2D eigenvalue weighted by Gasteiger charge is -2.10. The van der Waals surface area contributed by atoms with Crippen molar-refractivity contribution in [3.05, 3.63) is 59.3 Å². The SMILES string of the molecule is COc1ccc(CCNC(=O)c2c(C)noc2-c2ccccc2OC)cc1OC. The molecule has 29 heavy (non-hydrogen) atoms. The van der Waals surface area contributed by atoms with Crippen molar-refractivity contribution in [2.75, 3.05) is 27.9 Å². The summed E-state index contributed by atoms with van der Waals surface area (Å²) >= 11 is 0. The number of aromatic nitrogens is 1. The number of aryl methyl sites for hydroxylation is 1. The molecular formula is C22H24N2O5. The van der Waals surface area contributed by atoms with E-state index in [-0.39, 0.29) is 5.91 Å². The van der Waals surface area contributed by atoms with Crippen LogP contribution in [0.4, 0.5) is 0 Å². The minimum absolute atomic E-state index is 0.245. The summed E-state index contributed by atoms with van der Waals surface area (Å²) in [4.78, 5) is 12.8. The molecule has 0 atom stereocenters. The molecule has 1 heterocycles. The number of nitrogens with zero attached hydrogens (tertiary/aromatic N) is 1. The summed E-state index contributed by atoms with van der Waals surface area (Å²) in [6.07, 6.45) is 0.639. The molecule has 1 aromatic heterocycles. The van der Waals surface area contributed by atoms with Crippen molar-refractivity contribution in [2.24, 2.45) is 0 Å². The first-order valence-corrected chi connectivity index (χ1v) is 9.17. The topological polar surface area (TPSA) is 82.8 Å². The highest BCUT2D eigenvalue weighted by Gasteiger charge is 2.23. The highest BCUT2D eigenvalue weighted by atomic mass is 16.5. The number of rotatable bonds is 8. The molecule has 0 radical (unpaired) electrons. The lowest BCUT2D eigenvalue weighted by atomic mass is 10.1. The van der Waals surface area contributed by atoms with Gasteiger partial charge in [0.1, 0.15) is 11.3 Å². The third-order valence-electron chi connectivity index (χ3n) is 4.59. The number of ether oxygens (including phenoxy) is 3. The second-order valence-electron chi connectivity index (χ2n) is 6.37. The molecule has 0 aliphatic heterocycles. The Morgan fingerprint density at radius 1 is 1.00 bits per heavy atom. The average molecular weight is 396 g/mol. The number of methoxy groups -OCH3 is 3. The molecule has 0 fully saturated rings. The summed E-state index contributed by atoms with van der Waals surface area (Å²) in [6, 6.07) is 13.0. The highest BCUT2D eigenvalue weighted by molar-refractivity contribution is 6.01. The fraction of sp³-hybridized carbons (Fsp3) is 0.273. The Balaban J connectivity index is 1.73. The maximum absolute atomic E-state index is 12.8. The van der Waals surface area contributed by atoms with Crippen molar-refractivity contribution in [3.63, 3.8) is 0 Å². The van der Waals surface area contributed by atoms with Crippen molar-refractivity contribution >= 4 is 5.91 Å². The van der Waals surface area contributed by atoms with Gasteiger partial charge in [0.2, 0.25) is 0 Å². The fourth-order valence-electron chi connectivity index (χ4n) is 3.10. The lowest BCUT2D eigenvalue weighted by molar-refractivity contribution is 0.0954. The zero-order chi connectivity index (χ0) is 20.8. The molecule has 0 saturated carbocycles. The minimum Gasteiger partial charge on any atom is -0.496 e. The van der Waals surface area contributed by atoms with Crippen molar-refractivity contribution in [1.82, 2.24) is 10.5 Å². The Morgan fingerprint density at radius 2 is 1.72 bits per heavy atom. The van der Waals surface area contributed by atoms with E-state index in [0.717, 1.165) is 5.56 Å². The molecule has 0 aliphatic rings. The maximum atomic E-state index is 12.8. The number of benzene rings is 2. The van der Waals surface area contributed by atoms with E-state index < -0.39 is 0 Å². The summed E-state index contributed by atoms with van der Waals surface area (Å²) in [5, 5.41) is 6.91. The largest absolute Gasteiger partial charge is 0.496 e. The zero-order valence-electron chi connectivity index (χ0n) is 16.9. The molecule has 152 valence electrons. The second-order valence-corrected chi connectivity index (χ2v) is 6.37. The predicted octanol–water partition coefficient (Wildman–Crippen LogP) is 3.65. The van der Waals surface area contributed by atoms with Crippen LogP contribution >= 0.6 is 0 Å². The zero-order valence-corrected chi connectivity index (χ0v) is 16.9. The monoisotopic (exact) mass is 396 g/mol. The molecule has 0 saturated heterocycles. The number of para-hydroxylation sites is 1. The van der Waals surface area contributed by atoms with Crippen LogP contribution in [0.2, 0.25) is 0 Å². The van der Waals surface area contributed by atoms with Crippen molar-refractivity contribution < 1.29 is 23.5 Å². The summed E-state index contributed by atoms with van der Waals surface area (Å²) < 4.78 is 21.4. The first-order chi connectivity index (χ1) is 14.1. The van der Waals surface area contributed by atoms with Gasteiger partial charge in [0, 0.05) is 6.54 Å². The van der Waals surface area contributed by atoms with E-state index in [2.05, 4.69) is 10.5 Å². The molecule has 0 aliphatic carbocycles. The van der Waals surface area contributed by atoms with E-state index in [4.69, 9.17) is 18.7 Å². The number of carbonyl (C=O) groups excluding carboxylic acids is 1. The molecular weight excluding hydrogens is 372 g/mol. The molecule has 1 N–H and O–H groups in total. The van der Waals surface area contributed by atoms with E-state index >= 15 is 0 Å². The van der Waals surface area contributed by atoms with E-state index in [1.165, 1.54) is 0 Å². The van der Waals surface area contributed by atoms with E-state index in [1.54, 1.807) is 28.3 Å². The lowest BCUT2D eigenvalue weighted by Crippen LogP contribution is -2.26. The van der Waals surface area contributed by atoms with Crippen LogP contribution in [0, 0.1) is 6.92 Å². The van der Waals surface area contributed by atoms with Crippen LogP contribution in [-0.4, -0.2) is 38.9 Å². The molecule has 1 amide bonds. The number of carbonyl (C=O) groups is 1. The van der Waals surface area contributed by atoms with Crippen LogP contribution in [0.25, 0.3) is 11.3 Å². The molecule has 3 aromatic rings. The Bertz CT molecular complexity index is 997. The third kappa shape index (κ3) is 4.34. The van der Waals surface area contributed by atoms with E-state index in [1.807, 2.05) is 42.5 Å². The van der Waals surface area contributed by atoms with Gasteiger partial charge in [0.25, 0.3) is 5.91 Å². The van der Waals surface area contributed by atoms with Gasteiger partial charge in [-0.1, -0.05) is 23.4 Å². The van der Waals surface area contributed by atoms with E-state index in [9.17, 15) is 4.79 Å². The fourth-order valence-corrected chi connectivity index (χ4v) is 3.10. The summed E-state index contributed by atoms with van der Waals surface area (Å²) in [7, 11) is 4.76. The van der Waals surface area contributed by atoms with Crippen LogP contribution in [0.3, 0.4) is 0 Å². The Kier molecular flexibility index (Phi) is 6.39. The van der Waals surface area contributed by atoms with Crippen LogP contribution in [0.15, 0.2) is 47.0 Å². The van der Waals surface area contributed by atoms with Gasteiger partial charge >= 0.3 is 0 Å². The van der Waals surface area contributed by atoms with Crippen LogP contribution in [-0.2, 0) is 6.42 Å². The van der Waals surface area contributed by atoms with Crippen molar-refractivity contribution in [1.29, 1.82) is 0 Å². The van der Waals surface area contributed by atoms with Gasteiger partial charge in [-0.15, -0.1) is 0 Å². The van der Waals surface area contributed by atoms with Crippen LogP contribution in [0.5, 0.6) is 17.2 Å². The quantitative estimate of drug-likeness (QED) is 0.626. The van der Waals surface area contributed by atoms with Gasteiger partial charge in [0.05, 0.1) is 32.6 Å². The summed E-state index contributed by atoms with van der Waals surface area (Å²) in [5.74, 6) is 2.09. The minimum atomic E-state index is -0.245. The van der Waals surface area contributed by atoms with Gasteiger partial charge in [-0.2, -0.15) is 0 Å². The number of nitrogens with one attached hydrogen (secondary N) is 1. The highest BCUT2D eigenvalue weighted by Crippen LogP contribution is 2.33. The van der Waals surface area contributed by atoms with E-state index in [0.29, 0.717) is 52.8 Å². The Hall–Kier alpha value is -3.48. The van der Waals surface area contributed by atoms with Crippen molar-refractivity contribution in [3.8, 4) is 28.6 Å². The molecule has 3 rings (SSSR count). The first kappa shape index (κ1) is 20.3. The molecule has 0 unspecified atom stereocenters. The average Bonchev–Trinajstić information content (AvgIpc) is 3.14. The number of hydrogen-bond acceptors (Lipinski definition) is 6. The summed E-state index contributed by atoms with van der Waals surface area (Å²) in [5.41, 5.74) is 2.63. The van der Waals surface area contributed by atoms with Crippen molar-refractivity contribution in [2.45, 2.75) is 13.3 Å². The Morgan fingerprint density at radius 3 is 2.45 bits per heavy atom. The number of hydrogen-bond donors (Lipinski definition) is 1. The van der Waals surface area contributed by atoms with Gasteiger partial charge < -0.3 is 24.1 Å². The molecule has 2 aromatic carbocycles. The van der Waals surface area contributed by atoms with Gasteiger partial charge in [0.15, 0.2) is 17.3 Å². The maximum Gasteiger partial charge on any atom is 0.257 e. The van der Waals surface area contributed by atoms with Crippen LogP contribution in [0.1, 0.15) is 21.6 Å². The Labute approximate surface area is 169 Å². The molecule has 0 spiro atoms. The number of amides is 1. The predicted molar refractivity (Wildman–Crippen MR) is 109 cm³/mol. The standard InChI is InChI=1S/C22H24N2O5/c1-14-20(21(29-24-14)16-7-5-6-8-17(16)26-2)22(25)23-12-11-15-9-10-18(27-3)19(13-15)28-4/h5-10,13H,11-12H2,1-4H3,(H,23,25). The van der Waals surface area contributed by atoms with Crippen LogP contribution < -0.4 is 19.5 Å². The second kappa shape index (κ2) is 9.14. The molecule has 0 bridgehead atoms. The first-order valence-electron chi connectivity index (χ1n) is 9.17. The van der Waals surface area contributed by atoms with Gasteiger partial charge in [-0.05, 0) is 43.2 Å². The molecule has 7 nitrogen and oxygen atoms in total. The van der Waals surface area contributed by atoms with Gasteiger partial charge in [-0.25, -0.2) is 0 Å². The normalized spacial score (nSPS) is 10.5.